The summed E-state index contributed by atoms with van der Waals surface area (Å²) in [6.07, 6.45) is 18.4. The van der Waals surface area contributed by atoms with Crippen LogP contribution in [0.2, 0.25) is 0 Å². The molecule has 0 bridgehead atoms. The highest BCUT2D eigenvalue weighted by molar-refractivity contribution is 5.70. The molecule has 0 unspecified atom stereocenters. The van der Waals surface area contributed by atoms with E-state index >= 15 is 0 Å². The lowest BCUT2D eigenvalue weighted by Crippen LogP contribution is -2.08. The van der Waals surface area contributed by atoms with Gasteiger partial charge in [-0.25, -0.2) is 9.90 Å². The van der Waals surface area contributed by atoms with E-state index in [1.807, 2.05) is 0 Å². The van der Waals surface area contributed by atoms with E-state index in [9.17, 15) is 9.90 Å². The maximum Gasteiger partial charge on any atom is 0.335 e. The first kappa shape index (κ1) is 20.4. The second-order valence-corrected chi connectivity index (χ2v) is 5.96. The van der Waals surface area contributed by atoms with Gasteiger partial charge in [-0.05, 0) is 6.42 Å². The van der Waals surface area contributed by atoms with Gasteiger partial charge in [-0.3, -0.25) is 0 Å². The molecule has 21 heavy (non-hydrogen) atoms. The van der Waals surface area contributed by atoms with Crippen LogP contribution in [-0.4, -0.2) is 19.2 Å². The van der Waals surface area contributed by atoms with Crippen molar-refractivity contribution in [1.29, 1.82) is 0 Å². The van der Waals surface area contributed by atoms with Gasteiger partial charge >= 0.3 is 5.97 Å². The molecule has 0 spiro atoms. The van der Waals surface area contributed by atoms with Gasteiger partial charge in [0.05, 0.1) is 6.61 Å². The second kappa shape index (κ2) is 17.5. The van der Waals surface area contributed by atoms with Crippen molar-refractivity contribution in [3.63, 3.8) is 0 Å². The molecule has 125 valence electrons. The molecule has 1 radical (unpaired) electrons. The van der Waals surface area contributed by atoms with Crippen molar-refractivity contribution in [1.82, 2.24) is 0 Å². The molecule has 0 N–H and O–H groups in total. The fraction of sp³-hybridized carbons (Fsp3) is 0.944. The van der Waals surface area contributed by atoms with E-state index in [1.165, 1.54) is 77.0 Å². The van der Waals surface area contributed by atoms with Gasteiger partial charge in [-0.15, -0.1) is 0 Å². The predicted octanol–water partition coefficient (Wildman–Crippen LogP) is 5.44. The number of hydrogen-bond acceptors (Lipinski definition) is 2. The van der Waals surface area contributed by atoms with E-state index < -0.39 is 12.6 Å². The maximum absolute atomic E-state index is 10.6. The van der Waals surface area contributed by atoms with Crippen molar-refractivity contribution < 1.29 is 14.6 Å². The molecule has 0 aromatic carbocycles. The van der Waals surface area contributed by atoms with E-state index in [2.05, 4.69) is 6.92 Å². The van der Waals surface area contributed by atoms with Crippen LogP contribution in [0, 0.1) is 0 Å². The van der Waals surface area contributed by atoms with Crippen molar-refractivity contribution in [3.05, 3.63) is 0 Å². The first-order valence-electron chi connectivity index (χ1n) is 9.05. The zero-order chi connectivity index (χ0) is 15.6. The molecule has 0 aromatic heterocycles. The normalized spacial score (nSPS) is 10.8. The van der Waals surface area contributed by atoms with Crippen molar-refractivity contribution in [2.45, 2.75) is 96.8 Å². The summed E-state index contributed by atoms with van der Waals surface area (Å²) < 4.78 is 4.75. The molecule has 0 fully saturated rings. The Bertz CT molecular complexity index is 217. The van der Waals surface area contributed by atoms with E-state index in [0.717, 1.165) is 12.8 Å². The zero-order valence-electron chi connectivity index (χ0n) is 14.0. The summed E-state index contributed by atoms with van der Waals surface area (Å²) in [5.41, 5.74) is 0. The Morgan fingerprint density at radius 3 is 1.43 bits per heavy atom. The number of carbonyl (C=O) groups is 1. The molecule has 3 nitrogen and oxygen atoms in total. The third kappa shape index (κ3) is 17.4. The molecule has 0 aromatic rings. The third-order valence-electron chi connectivity index (χ3n) is 3.88. The SMILES string of the molecule is CCCCCCCCCCCCCCCCOC(=O)C[O]. The number of hydrogen-bond donors (Lipinski definition) is 0. The summed E-state index contributed by atoms with van der Waals surface area (Å²) >= 11 is 0. The summed E-state index contributed by atoms with van der Waals surface area (Å²) in [5.74, 6) is -0.621. The van der Waals surface area contributed by atoms with E-state index in [4.69, 9.17) is 4.74 Å². The van der Waals surface area contributed by atoms with Crippen molar-refractivity contribution in [2.24, 2.45) is 0 Å². The first-order chi connectivity index (χ1) is 10.3. The number of esters is 1. The van der Waals surface area contributed by atoms with Crippen LogP contribution in [0.1, 0.15) is 96.8 Å². The van der Waals surface area contributed by atoms with Gasteiger partial charge in [-0.2, -0.15) is 0 Å². The summed E-state index contributed by atoms with van der Waals surface area (Å²) in [4.78, 5) is 10.6. The molecule has 0 aliphatic carbocycles. The third-order valence-corrected chi connectivity index (χ3v) is 3.88. The Kier molecular flexibility index (Phi) is 17.0. The summed E-state index contributed by atoms with van der Waals surface area (Å²) in [7, 11) is 0. The molecule has 0 amide bonds. The van der Waals surface area contributed by atoms with Gasteiger partial charge in [0.2, 0.25) is 0 Å². The van der Waals surface area contributed by atoms with Crippen LogP contribution in [0.25, 0.3) is 0 Å². The largest absolute Gasteiger partial charge is 0.464 e. The fourth-order valence-electron chi connectivity index (χ4n) is 2.52. The van der Waals surface area contributed by atoms with Crippen molar-refractivity contribution in [2.75, 3.05) is 13.2 Å². The summed E-state index contributed by atoms with van der Waals surface area (Å²) in [6.45, 7) is 1.93. The summed E-state index contributed by atoms with van der Waals surface area (Å²) in [5, 5.41) is 10.1. The van der Waals surface area contributed by atoms with Gasteiger partial charge in [0.25, 0.3) is 0 Å². The van der Waals surface area contributed by atoms with E-state index in [-0.39, 0.29) is 0 Å². The molecule has 0 heterocycles. The van der Waals surface area contributed by atoms with Gasteiger partial charge < -0.3 is 4.74 Å². The average molecular weight is 299 g/mol. The Balaban J connectivity index is 2.98. The van der Waals surface area contributed by atoms with E-state index in [1.54, 1.807) is 0 Å². The Morgan fingerprint density at radius 1 is 0.667 bits per heavy atom. The van der Waals surface area contributed by atoms with Crippen LogP contribution in [-0.2, 0) is 14.6 Å². The van der Waals surface area contributed by atoms with Gasteiger partial charge in [0, 0.05) is 0 Å². The highest BCUT2D eigenvalue weighted by atomic mass is 16.5. The lowest BCUT2D eigenvalue weighted by atomic mass is 10.0. The molecule has 0 atom stereocenters. The standard InChI is InChI=1S/C18H35O3/c1-2-3-4-5-6-7-8-9-10-11-12-13-14-15-16-21-18(20)17-19/h2-17H2,1H3. The van der Waals surface area contributed by atoms with Crippen LogP contribution in [0.5, 0.6) is 0 Å². The topological polar surface area (TPSA) is 46.2 Å². The van der Waals surface area contributed by atoms with Crippen LogP contribution in [0.15, 0.2) is 0 Å². The molecule has 0 aliphatic rings. The molecular weight excluding hydrogens is 264 g/mol. The molecule has 0 rings (SSSR count). The quantitative estimate of drug-likeness (QED) is 0.281. The number of unbranched alkanes of at least 4 members (excludes halogenated alkanes) is 13. The lowest BCUT2D eigenvalue weighted by Gasteiger charge is -2.04. The van der Waals surface area contributed by atoms with Crippen LogP contribution >= 0.6 is 0 Å². The van der Waals surface area contributed by atoms with Crippen LogP contribution in [0.4, 0.5) is 0 Å². The van der Waals surface area contributed by atoms with Crippen LogP contribution in [0.3, 0.4) is 0 Å². The predicted molar refractivity (Wildman–Crippen MR) is 86.8 cm³/mol. The molecule has 0 aliphatic heterocycles. The zero-order valence-corrected chi connectivity index (χ0v) is 14.0. The lowest BCUT2D eigenvalue weighted by molar-refractivity contribution is -0.149. The highest BCUT2D eigenvalue weighted by Gasteiger charge is 1.99. The Morgan fingerprint density at radius 2 is 1.05 bits per heavy atom. The minimum Gasteiger partial charge on any atom is -0.464 e. The fourth-order valence-corrected chi connectivity index (χ4v) is 2.52. The maximum atomic E-state index is 10.6. The number of rotatable bonds is 16. The minimum atomic E-state index is -0.751. The van der Waals surface area contributed by atoms with Crippen molar-refractivity contribution in [3.8, 4) is 0 Å². The molecular formula is C18H35O3. The second-order valence-electron chi connectivity index (χ2n) is 5.96. The minimum absolute atomic E-state index is 0.416. The number of carbonyl (C=O) groups excluding carboxylic acids is 1. The van der Waals surface area contributed by atoms with Crippen molar-refractivity contribution >= 4 is 5.97 Å². The number of ether oxygens (including phenoxy) is 1. The smallest absolute Gasteiger partial charge is 0.335 e. The average Bonchev–Trinajstić information content (AvgIpc) is 2.50. The monoisotopic (exact) mass is 299 g/mol. The van der Waals surface area contributed by atoms with Gasteiger partial charge in [-0.1, -0.05) is 90.4 Å². The molecule has 0 saturated heterocycles. The van der Waals surface area contributed by atoms with E-state index in [0.29, 0.717) is 6.61 Å². The Labute approximate surface area is 131 Å². The molecule has 3 heteroatoms. The van der Waals surface area contributed by atoms with Crippen LogP contribution < -0.4 is 0 Å². The molecule has 0 saturated carbocycles. The highest BCUT2D eigenvalue weighted by Crippen LogP contribution is 2.12. The Hall–Kier alpha value is -0.570. The first-order valence-corrected chi connectivity index (χ1v) is 9.05. The van der Waals surface area contributed by atoms with Gasteiger partial charge in [0.15, 0.2) is 6.61 Å². The van der Waals surface area contributed by atoms with Gasteiger partial charge in [0.1, 0.15) is 0 Å². The summed E-state index contributed by atoms with van der Waals surface area (Å²) in [6, 6.07) is 0.